The van der Waals surface area contributed by atoms with Gasteiger partial charge >= 0.3 is 0 Å². The summed E-state index contributed by atoms with van der Waals surface area (Å²) >= 11 is 0. The summed E-state index contributed by atoms with van der Waals surface area (Å²) < 4.78 is 5.86. The van der Waals surface area contributed by atoms with Crippen molar-refractivity contribution in [3.05, 3.63) is 0 Å². The Bertz CT molecular complexity index is 192. The second-order valence-corrected chi connectivity index (χ2v) is 5.54. The summed E-state index contributed by atoms with van der Waals surface area (Å²) in [5.41, 5.74) is 5.75. The van der Waals surface area contributed by atoms with E-state index in [1.807, 2.05) is 0 Å². The van der Waals surface area contributed by atoms with Crippen LogP contribution < -0.4 is 5.73 Å². The highest BCUT2D eigenvalue weighted by molar-refractivity contribution is 4.82. The molecule has 2 atom stereocenters. The van der Waals surface area contributed by atoms with Crippen LogP contribution in [-0.4, -0.2) is 42.3 Å². The Kier molecular flexibility index (Phi) is 4.56. The molecule has 2 unspecified atom stereocenters. The topological polar surface area (TPSA) is 38.5 Å². The summed E-state index contributed by atoms with van der Waals surface area (Å²) in [6.07, 6.45) is 2.66. The molecule has 3 heteroatoms. The van der Waals surface area contributed by atoms with E-state index in [4.69, 9.17) is 10.5 Å². The van der Waals surface area contributed by atoms with Gasteiger partial charge in [0.15, 0.2) is 0 Å². The van der Waals surface area contributed by atoms with Crippen molar-refractivity contribution in [2.75, 3.05) is 19.6 Å². The van der Waals surface area contributed by atoms with Crippen molar-refractivity contribution in [2.24, 2.45) is 5.73 Å². The van der Waals surface area contributed by atoms with Crippen molar-refractivity contribution in [1.29, 1.82) is 0 Å². The third kappa shape index (κ3) is 4.96. The molecule has 1 heterocycles. The molecule has 0 aromatic carbocycles. The highest BCUT2D eigenvalue weighted by Gasteiger charge is 2.30. The summed E-state index contributed by atoms with van der Waals surface area (Å²) in [4.78, 5) is 2.50. The second-order valence-electron chi connectivity index (χ2n) is 5.54. The third-order valence-corrected chi connectivity index (χ3v) is 2.77. The van der Waals surface area contributed by atoms with Gasteiger partial charge in [0.1, 0.15) is 0 Å². The Balaban J connectivity index is 2.29. The zero-order chi connectivity index (χ0) is 11.5. The number of nitrogens with zero attached hydrogens (tertiary/aromatic N) is 1. The van der Waals surface area contributed by atoms with E-state index < -0.39 is 0 Å². The van der Waals surface area contributed by atoms with Crippen LogP contribution in [0.25, 0.3) is 0 Å². The summed E-state index contributed by atoms with van der Waals surface area (Å²) in [5.74, 6) is 0. The molecule has 0 aliphatic carbocycles. The van der Waals surface area contributed by atoms with E-state index in [2.05, 4.69) is 32.6 Å². The largest absolute Gasteiger partial charge is 0.370 e. The molecule has 0 amide bonds. The van der Waals surface area contributed by atoms with Gasteiger partial charge in [0.05, 0.1) is 11.7 Å². The lowest BCUT2D eigenvalue weighted by molar-refractivity contribution is -0.128. The van der Waals surface area contributed by atoms with E-state index in [0.29, 0.717) is 12.1 Å². The third-order valence-electron chi connectivity index (χ3n) is 2.77. The molecule has 0 aromatic rings. The first-order chi connectivity index (χ1) is 6.89. The van der Waals surface area contributed by atoms with Gasteiger partial charge in [0, 0.05) is 19.1 Å². The summed E-state index contributed by atoms with van der Waals surface area (Å²) in [7, 11) is 0. The Morgan fingerprint density at radius 2 is 2.20 bits per heavy atom. The summed E-state index contributed by atoms with van der Waals surface area (Å²) in [6, 6.07) is 0.330. The quantitative estimate of drug-likeness (QED) is 0.773. The van der Waals surface area contributed by atoms with Gasteiger partial charge in [-0.1, -0.05) is 0 Å². The maximum Gasteiger partial charge on any atom is 0.0757 e. The molecule has 0 bridgehead atoms. The van der Waals surface area contributed by atoms with E-state index in [9.17, 15) is 0 Å². The van der Waals surface area contributed by atoms with Gasteiger partial charge in [-0.15, -0.1) is 0 Å². The van der Waals surface area contributed by atoms with Crippen LogP contribution in [0.3, 0.4) is 0 Å². The zero-order valence-corrected chi connectivity index (χ0v) is 10.6. The molecular formula is C12H26N2O. The normalized spacial score (nSPS) is 29.0. The molecule has 1 fully saturated rings. The average molecular weight is 214 g/mol. The van der Waals surface area contributed by atoms with Crippen molar-refractivity contribution < 1.29 is 4.74 Å². The average Bonchev–Trinajstić information content (AvgIpc) is 1.98. The molecule has 0 saturated carbocycles. The molecule has 0 aromatic heterocycles. The fourth-order valence-electron chi connectivity index (χ4n) is 2.39. The number of nitrogens with two attached hydrogens (primary N) is 1. The fraction of sp³-hybridized carbons (Fsp3) is 1.00. The van der Waals surface area contributed by atoms with Crippen molar-refractivity contribution in [3.63, 3.8) is 0 Å². The molecule has 1 aliphatic heterocycles. The first-order valence-electron chi connectivity index (χ1n) is 6.05. The van der Waals surface area contributed by atoms with Gasteiger partial charge < -0.3 is 10.5 Å². The van der Waals surface area contributed by atoms with Crippen LogP contribution in [0, 0.1) is 0 Å². The van der Waals surface area contributed by atoms with Gasteiger partial charge in [-0.25, -0.2) is 0 Å². The lowest BCUT2D eigenvalue weighted by Crippen LogP contribution is -2.52. The molecule has 15 heavy (non-hydrogen) atoms. The molecule has 0 spiro atoms. The van der Waals surface area contributed by atoms with E-state index in [1.54, 1.807) is 0 Å². The van der Waals surface area contributed by atoms with Crippen molar-refractivity contribution in [3.8, 4) is 0 Å². The zero-order valence-electron chi connectivity index (χ0n) is 10.6. The smallest absolute Gasteiger partial charge is 0.0757 e. The van der Waals surface area contributed by atoms with Crippen LogP contribution in [0.1, 0.15) is 40.5 Å². The standard InChI is InChI=1S/C12H26N2O/c1-10(13)6-5-7-14-8-11(2)15-12(3,4)9-14/h10-11H,5-9,13H2,1-4H3. The van der Waals surface area contributed by atoms with E-state index >= 15 is 0 Å². The van der Waals surface area contributed by atoms with Gasteiger partial charge in [0.25, 0.3) is 0 Å². The monoisotopic (exact) mass is 214 g/mol. The molecular weight excluding hydrogens is 188 g/mol. The van der Waals surface area contributed by atoms with E-state index in [0.717, 1.165) is 26.1 Å². The molecule has 1 aliphatic rings. The Morgan fingerprint density at radius 3 is 2.73 bits per heavy atom. The summed E-state index contributed by atoms with van der Waals surface area (Å²) in [5, 5.41) is 0. The highest BCUT2D eigenvalue weighted by Crippen LogP contribution is 2.20. The van der Waals surface area contributed by atoms with Crippen molar-refractivity contribution >= 4 is 0 Å². The number of hydrogen-bond acceptors (Lipinski definition) is 3. The number of morpholine rings is 1. The predicted molar refractivity (Wildman–Crippen MR) is 63.9 cm³/mol. The SMILES string of the molecule is CC(N)CCCN1CC(C)OC(C)(C)C1. The highest BCUT2D eigenvalue weighted by atomic mass is 16.5. The van der Waals surface area contributed by atoms with Crippen LogP contribution in [0.15, 0.2) is 0 Å². The second kappa shape index (κ2) is 5.28. The molecule has 1 rings (SSSR count). The van der Waals surface area contributed by atoms with Crippen LogP contribution in [0.4, 0.5) is 0 Å². The van der Waals surface area contributed by atoms with E-state index in [-0.39, 0.29) is 5.60 Å². The maximum atomic E-state index is 5.86. The minimum atomic E-state index is 0.00595. The van der Waals surface area contributed by atoms with Gasteiger partial charge in [-0.2, -0.15) is 0 Å². The van der Waals surface area contributed by atoms with Crippen molar-refractivity contribution in [2.45, 2.75) is 58.3 Å². The van der Waals surface area contributed by atoms with Crippen molar-refractivity contribution in [1.82, 2.24) is 4.90 Å². The van der Waals surface area contributed by atoms with Gasteiger partial charge in [0.2, 0.25) is 0 Å². The number of hydrogen-bond donors (Lipinski definition) is 1. The van der Waals surface area contributed by atoms with Gasteiger partial charge in [-0.3, -0.25) is 4.90 Å². The Labute approximate surface area is 94.0 Å². The molecule has 1 saturated heterocycles. The minimum absolute atomic E-state index is 0.00595. The van der Waals surface area contributed by atoms with Crippen LogP contribution in [-0.2, 0) is 4.74 Å². The first kappa shape index (κ1) is 12.9. The van der Waals surface area contributed by atoms with Crippen LogP contribution in [0.5, 0.6) is 0 Å². The lowest BCUT2D eigenvalue weighted by atomic mass is 10.0. The maximum absolute atomic E-state index is 5.86. The fourth-order valence-corrected chi connectivity index (χ4v) is 2.39. The minimum Gasteiger partial charge on any atom is -0.370 e. The molecule has 2 N–H and O–H groups in total. The number of ether oxygens (including phenoxy) is 1. The molecule has 3 nitrogen and oxygen atoms in total. The van der Waals surface area contributed by atoms with Crippen LogP contribution in [0.2, 0.25) is 0 Å². The first-order valence-corrected chi connectivity index (χ1v) is 6.05. The Morgan fingerprint density at radius 1 is 1.53 bits per heavy atom. The van der Waals surface area contributed by atoms with Gasteiger partial charge in [-0.05, 0) is 47.1 Å². The number of rotatable bonds is 4. The van der Waals surface area contributed by atoms with E-state index in [1.165, 1.54) is 6.42 Å². The summed E-state index contributed by atoms with van der Waals surface area (Å²) in [6.45, 7) is 11.8. The van der Waals surface area contributed by atoms with Crippen LogP contribution >= 0.6 is 0 Å². The lowest BCUT2D eigenvalue weighted by Gasteiger charge is -2.41. The molecule has 0 radical (unpaired) electrons. The predicted octanol–water partition coefficient (Wildman–Crippen LogP) is 1.61. The Hall–Kier alpha value is -0.120. The molecule has 90 valence electrons.